The fourth-order valence-electron chi connectivity index (χ4n) is 4.25. The molecular weight excluding hydrogens is 408 g/mol. The van der Waals surface area contributed by atoms with E-state index in [1.54, 1.807) is 17.4 Å². The first-order chi connectivity index (χ1) is 15.2. The molecule has 1 fully saturated rings. The molecule has 1 saturated heterocycles. The van der Waals surface area contributed by atoms with E-state index in [0.717, 1.165) is 51.5 Å². The van der Waals surface area contributed by atoms with Gasteiger partial charge in [0.1, 0.15) is 5.82 Å². The summed E-state index contributed by atoms with van der Waals surface area (Å²) in [6, 6.07) is 19.6. The van der Waals surface area contributed by atoms with Crippen molar-refractivity contribution in [2.24, 2.45) is 0 Å². The van der Waals surface area contributed by atoms with Crippen molar-refractivity contribution in [3.63, 3.8) is 0 Å². The molecule has 1 aliphatic rings. The molecule has 0 spiro atoms. The van der Waals surface area contributed by atoms with Gasteiger partial charge in [-0.05, 0) is 49.2 Å². The lowest BCUT2D eigenvalue weighted by Crippen LogP contribution is -2.39. The van der Waals surface area contributed by atoms with E-state index in [9.17, 15) is 4.79 Å². The lowest BCUT2D eigenvalue weighted by molar-refractivity contribution is 0.0673. The van der Waals surface area contributed by atoms with Crippen molar-refractivity contribution in [1.29, 1.82) is 0 Å². The van der Waals surface area contributed by atoms with Gasteiger partial charge in [-0.1, -0.05) is 24.3 Å². The highest BCUT2D eigenvalue weighted by Crippen LogP contribution is 2.32. The summed E-state index contributed by atoms with van der Waals surface area (Å²) in [6.45, 7) is 1.36. The molecule has 6 nitrogen and oxygen atoms in total. The van der Waals surface area contributed by atoms with Crippen LogP contribution in [0.3, 0.4) is 0 Å². The third kappa shape index (κ3) is 3.31. The zero-order chi connectivity index (χ0) is 20.8. The Bertz CT molecular complexity index is 1330. The Hall–Kier alpha value is -3.45. The van der Waals surface area contributed by atoms with E-state index in [1.807, 2.05) is 59.5 Å². The van der Waals surface area contributed by atoms with Crippen LogP contribution in [0.2, 0.25) is 0 Å². The molecule has 2 aromatic carbocycles. The van der Waals surface area contributed by atoms with Crippen molar-refractivity contribution in [3.05, 3.63) is 72.2 Å². The number of furan rings is 1. The third-order valence-corrected chi connectivity index (χ3v) is 6.88. The van der Waals surface area contributed by atoms with Crippen LogP contribution in [0.15, 0.2) is 65.1 Å². The van der Waals surface area contributed by atoms with E-state index in [-0.39, 0.29) is 11.8 Å². The number of aromatic amines is 1. The molecule has 1 aliphatic heterocycles. The zero-order valence-electron chi connectivity index (χ0n) is 16.7. The molecule has 7 heteroatoms. The van der Waals surface area contributed by atoms with Crippen molar-refractivity contribution in [2.75, 3.05) is 13.1 Å². The van der Waals surface area contributed by atoms with Crippen LogP contribution < -0.4 is 0 Å². The van der Waals surface area contributed by atoms with E-state index >= 15 is 0 Å². The number of rotatable bonds is 3. The number of carbonyl (C=O) groups excluding carboxylic acids is 1. The Balaban J connectivity index is 1.22. The minimum absolute atomic E-state index is 0.0758. The van der Waals surface area contributed by atoms with E-state index in [0.29, 0.717) is 18.1 Å². The standard InChI is InChI=1S/C24H20N4O2S/c29-24(20-12-11-19(30-20)23-27-18-9-3-4-10-21(18)31-23)28-13-5-6-15(14-28)22-25-16-7-1-2-8-17(16)26-22/h1-4,7-12,15H,5-6,13-14H2,(H,25,26). The van der Waals surface area contributed by atoms with Crippen LogP contribution in [0.25, 0.3) is 32.0 Å². The number of nitrogens with zero attached hydrogens (tertiary/aromatic N) is 3. The van der Waals surface area contributed by atoms with Gasteiger partial charge in [-0.3, -0.25) is 4.79 Å². The molecule has 5 aromatic rings. The number of aromatic nitrogens is 3. The highest BCUT2D eigenvalue weighted by molar-refractivity contribution is 7.21. The predicted molar refractivity (Wildman–Crippen MR) is 121 cm³/mol. The van der Waals surface area contributed by atoms with E-state index < -0.39 is 0 Å². The number of nitrogens with one attached hydrogen (secondary N) is 1. The number of hydrogen-bond donors (Lipinski definition) is 1. The highest BCUT2D eigenvalue weighted by atomic mass is 32.1. The van der Waals surface area contributed by atoms with Gasteiger partial charge in [0, 0.05) is 19.0 Å². The van der Waals surface area contributed by atoms with Gasteiger partial charge in [0.05, 0.1) is 21.3 Å². The van der Waals surface area contributed by atoms with Crippen LogP contribution in [0, 0.1) is 0 Å². The molecule has 3 aromatic heterocycles. The molecule has 0 saturated carbocycles. The number of para-hydroxylation sites is 3. The molecule has 1 amide bonds. The van der Waals surface area contributed by atoms with Crippen LogP contribution in [0.4, 0.5) is 0 Å². The number of piperidine rings is 1. The Morgan fingerprint density at radius 2 is 1.87 bits per heavy atom. The second kappa shape index (κ2) is 7.35. The molecule has 1 atom stereocenters. The molecular formula is C24H20N4O2S. The lowest BCUT2D eigenvalue weighted by Gasteiger charge is -2.31. The van der Waals surface area contributed by atoms with Gasteiger partial charge in [-0.2, -0.15) is 0 Å². The fourth-order valence-corrected chi connectivity index (χ4v) is 5.18. The van der Waals surface area contributed by atoms with Crippen LogP contribution in [0.5, 0.6) is 0 Å². The molecule has 0 aliphatic carbocycles. The van der Waals surface area contributed by atoms with E-state index in [1.165, 1.54) is 0 Å². The lowest BCUT2D eigenvalue weighted by atomic mass is 9.97. The number of benzene rings is 2. The topological polar surface area (TPSA) is 75.0 Å². The molecule has 154 valence electrons. The number of imidazole rings is 1. The number of hydrogen-bond acceptors (Lipinski definition) is 5. The van der Waals surface area contributed by atoms with Gasteiger partial charge in [0.25, 0.3) is 5.91 Å². The highest BCUT2D eigenvalue weighted by Gasteiger charge is 2.29. The summed E-state index contributed by atoms with van der Waals surface area (Å²) in [5.74, 6) is 2.07. The first-order valence-corrected chi connectivity index (χ1v) is 11.3. The molecule has 0 bridgehead atoms. The van der Waals surface area contributed by atoms with Crippen LogP contribution in [-0.4, -0.2) is 38.8 Å². The number of thiazole rings is 1. The summed E-state index contributed by atoms with van der Waals surface area (Å²) in [5, 5.41) is 0.791. The number of carbonyl (C=O) groups is 1. The van der Waals surface area contributed by atoms with E-state index in [2.05, 4.69) is 9.97 Å². The van der Waals surface area contributed by atoms with Crippen molar-refractivity contribution >= 4 is 38.5 Å². The molecule has 1 N–H and O–H groups in total. The summed E-state index contributed by atoms with van der Waals surface area (Å²) < 4.78 is 7.04. The fraction of sp³-hybridized carbons (Fsp3) is 0.208. The predicted octanol–water partition coefficient (Wildman–Crippen LogP) is 5.45. The summed E-state index contributed by atoms with van der Waals surface area (Å²) in [7, 11) is 0. The summed E-state index contributed by atoms with van der Waals surface area (Å²) in [4.78, 5) is 27.8. The summed E-state index contributed by atoms with van der Waals surface area (Å²) in [6.07, 6.45) is 1.96. The Morgan fingerprint density at radius 3 is 2.74 bits per heavy atom. The number of H-pyrrole nitrogens is 1. The average molecular weight is 429 g/mol. The van der Waals surface area contributed by atoms with Crippen LogP contribution in [-0.2, 0) is 0 Å². The largest absolute Gasteiger partial charge is 0.448 e. The van der Waals surface area contributed by atoms with E-state index in [4.69, 9.17) is 9.40 Å². The van der Waals surface area contributed by atoms with Crippen molar-refractivity contribution in [2.45, 2.75) is 18.8 Å². The van der Waals surface area contributed by atoms with Crippen molar-refractivity contribution in [3.8, 4) is 10.8 Å². The molecule has 6 rings (SSSR count). The number of fused-ring (bicyclic) bond motifs is 2. The zero-order valence-corrected chi connectivity index (χ0v) is 17.6. The van der Waals surface area contributed by atoms with Crippen LogP contribution in [0.1, 0.15) is 35.1 Å². The monoisotopic (exact) mass is 428 g/mol. The second-order valence-electron chi connectivity index (χ2n) is 7.88. The molecule has 4 heterocycles. The average Bonchev–Trinajstić information content (AvgIpc) is 3.56. The molecule has 31 heavy (non-hydrogen) atoms. The van der Waals surface area contributed by atoms with Gasteiger partial charge in [-0.25, -0.2) is 9.97 Å². The number of likely N-dealkylation sites (tertiary alicyclic amines) is 1. The minimum Gasteiger partial charge on any atom is -0.448 e. The minimum atomic E-state index is -0.0758. The SMILES string of the molecule is O=C(c1ccc(-c2nc3ccccc3s2)o1)N1CCCC(c2nc3ccccc3[nH]2)C1. The van der Waals surface area contributed by atoms with Gasteiger partial charge in [0.2, 0.25) is 0 Å². The summed E-state index contributed by atoms with van der Waals surface area (Å²) >= 11 is 1.57. The van der Waals surface area contributed by atoms with Gasteiger partial charge in [0.15, 0.2) is 16.5 Å². The number of amides is 1. The maximum Gasteiger partial charge on any atom is 0.289 e. The normalized spacial score (nSPS) is 16.9. The maximum atomic E-state index is 13.2. The molecule has 0 radical (unpaired) electrons. The van der Waals surface area contributed by atoms with Crippen molar-refractivity contribution < 1.29 is 9.21 Å². The third-order valence-electron chi connectivity index (χ3n) is 5.82. The van der Waals surface area contributed by atoms with Gasteiger partial charge >= 0.3 is 0 Å². The van der Waals surface area contributed by atoms with Gasteiger partial charge in [-0.15, -0.1) is 11.3 Å². The second-order valence-corrected chi connectivity index (χ2v) is 8.91. The first kappa shape index (κ1) is 18.3. The Kier molecular flexibility index (Phi) is 4.35. The molecule has 1 unspecified atom stereocenters. The summed E-state index contributed by atoms with van der Waals surface area (Å²) in [5.41, 5.74) is 2.94. The Labute approximate surface area is 182 Å². The maximum absolute atomic E-state index is 13.2. The smallest absolute Gasteiger partial charge is 0.289 e. The van der Waals surface area contributed by atoms with Gasteiger partial charge < -0.3 is 14.3 Å². The Morgan fingerprint density at radius 1 is 1.03 bits per heavy atom. The van der Waals surface area contributed by atoms with Crippen molar-refractivity contribution in [1.82, 2.24) is 19.9 Å². The van der Waals surface area contributed by atoms with Crippen LogP contribution >= 0.6 is 11.3 Å². The quantitative estimate of drug-likeness (QED) is 0.414. The first-order valence-electron chi connectivity index (χ1n) is 10.4.